The van der Waals surface area contributed by atoms with Crippen molar-refractivity contribution in [2.45, 2.75) is 50.7 Å². The van der Waals surface area contributed by atoms with Crippen LogP contribution in [0.5, 0.6) is 0 Å². The van der Waals surface area contributed by atoms with Crippen molar-refractivity contribution in [3.63, 3.8) is 0 Å². The number of nitrogens with zero attached hydrogens (tertiary/aromatic N) is 1. The van der Waals surface area contributed by atoms with Gasteiger partial charge in [0.2, 0.25) is 0 Å². The summed E-state index contributed by atoms with van der Waals surface area (Å²) in [5, 5.41) is 3.38. The van der Waals surface area contributed by atoms with E-state index in [4.69, 9.17) is 9.47 Å². The van der Waals surface area contributed by atoms with Crippen molar-refractivity contribution in [2.75, 3.05) is 33.4 Å². The standard InChI is InChI=1S/C14H26N2O3/c1-4-19-13(17)14(15-7-8-18-3)9-11(2)16(10-14)12-5-6-12/h11-12,15H,4-10H2,1-3H3. The van der Waals surface area contributed by atoms with E-state index >= 15 is 0 Å². The highest BCUT2D eigenvalue weighted by Crippen LogP contribution is 2.37. The van der Waals surface area contributed by atoms with Gasteiger partial charge in [-0.1, -0.05) is 0 Å². The number of likely N-dealkylation sites (tertiary alicyclic amines) is 1. The Morgan fingerprint density at radius 2 is 2.21 bits per heavy atom. The van der Waals surface area contributed by atoms with Crippen LogP contribution in [0.25, 0.3) is 0 Å². The normalized spacial score (nSPS) is 31.6. The van der Waals surface area contributed by atoms with Gasteiger partial charge in [0.15, 0.2) is 0 Å². The molecule has 0 radical (unpaired) electrons. The fraction of sp³-hybridized carbons (Fsp3) is 0.929. The molecule has 0 amide bonds. The predicted octanol–water partition coefficient (Wildman–Crippen LogP) is 0.781. The zero-order chi connectivity index (χ0) is 13.9. The molecule has 1 saturated carbocycles. The summed E-state index contributed by atoms with van der Waals surface area (Å²) in [6, 6.07) is 1.11. The fourth-order valence-electron chi connectivity index (χ4n) is 3.06. The van der Waals surface area contributed by atoms with Gasteiger partial charge in [0.25, 0.3) is 0 Å². The number of hydrogen-bond acceptors (Lipinski definition) is 5. The monoisotopic (exact) mass is 270 g/mol. The smallest absolute Gasteiger partial charge is 0.327 e. The molecule has 110 valence electrons. The summed E-state index contributed by atoms with van der Waals surface area (Å²) in [5.74, 6) is -0.110. The average Bonchev–Trinajstić information content (AvgIpc) is 3.15. The number of hydrogen-bond donors (Lipinski definition) is 1. The molecule has 0 spiro atoms. The maximum absolute atomic E-state index is 12.3. The van der Waals surface area contributed by atoms with E-state index in [0.29, 0.717) is 31.8 Å². The lowest BCUT2D eigenvalue weighted by Gasteiger charge is -2.28. The van der Waals surface area contributed by atoms with Gasteiger partial charge in [-0.3, -0.25) is 10.2 Å². The van der Waals surface area contributed by atoms with Crippen LogP contribution in [-0.2, 0) is 14.3 Å². The van der Waals surface area contributed by atoms with Crippen molar-refractivity contribution in [1.29, 1.82) is 0 Å². The van der Waals surface area contributed by atoms with Gasteiger partial charge in [0, 0.05) is 32.3 Å². The SMILES string of the molecule is CCOC(=O)C1(NCCOC)CC(C)N(C2CC2)C1. The highest BCUT2D eigenvalue weighted by atomic mass is 16.5. The van der Waals surface area contributed by atoms with E-state index in [-0.39, 0.29) is 5.97 Å². The van der Waals surface area contributed by atoms with Crippen molar-refractivity contribution < 1.29 is 14.3 Å². The van der Waals surface area contributed by atoms with E-state index < -0.39 is 5.54 Å². The number of rotatable bonds is 7. The molecule has 0 aromatic carbocycles. The molecule has 1 N–H and O–H groups in total. The quantitative estimate of drug-likeness (QED) is 0.547. The van der Waals surface area contributed by atoms with Gasteiger partial charge in [-0.25, -0.2) is 4.79 Å². The van der Waals surface area contributed by atoms with Gasteiger partial charge in [-0.05, 0) is 33.1 Å². The van der Waals surface area contributed by atoms with E-state index in [0.717, 1.165) is 13.0 Å². The van der Waals surface area contributed by atoms with Gasteiger partial charge in [0.1, 0.15) is 5.54 Å². The molecule has 5 heteroatoms. The Labute approximate surface area is 115 Å². The van der Waals surface area contributed by atoms with E-state index in [1.807, 2.05) is 6.92 Å². The van der Waals surface area contributed by atoms with E-state index in [2.05, 4.69) is 17.1 Å². The van der Waals surface area contributed by atoms with Crippen LogP contribution in [0.2, 0.25) is 0 Å². The Morgan fingerprint density at radius 3 is 2.79 bits per heavy atom. The molecule has 1 aliphatic heterocycles. The van der Waals surface area contributed by atoms with Crippen LogP contribution in [0.15, 0.2) is 0 Å². The number of methoxy groups -OCH3 is 1. The highest BCUT2D eigenvalue weighted by molar-refractivity contribution is 5.82. The molecule has 0 aromatic heterocycles. The summed E-state index contributed by atoms with van der Waals surface area (Å²) in [5.41, 5.74) is -0.545. The summed E-state index contributed by atoms with van der Waals surface area (Å²) in [4.78, 5) is 14.8. The molecule has 5 nitrogen and oxygen atoms in total. The van der Waals surface area contributed by atoms with Gasteiger partial charge in [-0.15, -0.1) is 0 Å². The minimum Gasteiger partial charge on any atom is -0.465 e. The summed E-state index contributed by atoms with van der Waals surface area (Å²) in [6.07, 6.45) is 3.36. The minimum absolute atomic E-state index is 0.110. The second-order valence-electron chi connectivity index (χ2n) is 5.68. The number of carbonyl (C=O) groups is 1. The summed E-state index contributed by atoms with van der Waals surface area (Å²) in [7, 11) is 1.67. The van der Waals surface area contributed by atoms with Crippen molar-refractivity contribution in [1.82, 2.24) is 10.2 Å². The van der Waals surface area contributed by atoms with Crippen LogP contribution in [0, 0.1) is 0 Å². The molecular formula is C14H26N2O3. The first kappa shape index (κ1) is 14.8. The van der Waals surface area contributed by atoms with E-state index in [9.17, 15) is 4.79 Å². The largest absolute Gasteiger partial charge is 0.465 e. The van der Waals surface area contributed by atoms with Crippen LogP contribution < -0.4 is 5.32 Å². The number of carbonyl (C=O) groups excluding carboxylic acids is 1. The summed E-state index contributed by atoms with van der Waals surface area (Å²) < 4.78 is 10.4. The third-order valence-electron chi connectivity index (χ3n) is 4.11. The molecule has 2 unspecified atom stereocenters. The molecule has 2 atom stereocenters. The number of nitrogens with one attached hydrogen (secondary N) is 1. The van der Waals surface area contributed by atoms with Gasteiger partial charge in [0.05, 0.1) is 13.2 Å². The molecule has 1 heterocycles. The van der Waals surface area contributed by atoms with Crippen molar-refractivity contribution in [2.24, 2.45) is 0 Å². The number of esters is 1. The lowest BCUT2D eigenvalue weighted by molar-refractivity contribution is -0.150. The molecule has 19 heavy (non-hydrogen) atoms. The second kappa shape index (κ2) is 6.20. The second-order valence-corrected chi connectivity index (χ2v) is 5.68. The summed E-state index contributed by atoms with van der Waals surface area (Å²) in [6.45, 7) is 6.56. The molecule has 2 fully saturated rings. The topological polar surface area (TPSA) is 50.8 Å². The first-order valence-electron chi connectivity index (χ1n) is 7.30. The zero-order valence-corrected chi connectivity index (χ0v) is 12.3. The van der Waals surface area contributed by atoms with Crippen LogP contribution in [0.1, 0.15) is 33.1 Å². The van der Waals surface area contributed by atoms with Gasteiger partial charge >= 0.3 is 5.97 Å². The zero-order valence-electron chi connectivity index (χ0n) is 12.3. The van der Waals surface area contributed by atoms with Gasteiger partial charge in [-0.2, -0.15) is 0 Å². The Morgan fingerprint density at radius 1 is 1.47 bits per heavy atom. The highest BCUT2D eigenvalue weighted by Gasteiger charge is 2.51. The molecule has 0 bridgehead atoms. The maximum Gasteiger partial charge on any atom is 0.327 e. The lowest BCUT2D eigenvalue weighted by atomic mass is 9.96. The van der Waals surface area contributed by atoms with Crippen LogP contribution in [0.4, 0.5) is 0 Å². The van der Waals surface area contributed by atoms with Crippen molar-refractivity contribution in [3.8, 4) is 0 Å². The van der Waals surface area contributed by atoms with Crippen molar-refractivity contribution in [3.05, 3.63) is 0 Å². The Balaban J connectivity index is 2.03. The fourth-order valence-corrected chi connectivity index (χ4v) is 3.06. The van der Waals surface area contributed by atoms with Crippen LogP contribution >= 0.6 is 0 Å². The Bertz CT molecular complexity index is 320. The molecule has 2 rings (SSSR count). The van der Waals surface area contributed by atoms with E-state index in [1.54, 1.807) is 7.11 Å². The molecule has 1 aliphatic carbocycles. The van der Waals surface area contributed by atoms with Crippen LogP contribution in [-0.4, -0.2) is 61.9 Å². The summed E-state index contributed by atoms with van der Waals surface area (Å²) >= 11 is 0. The lowest BCUT2D eigenvalue weighted by Crippen LogP contribution is -2.55. The van der Waals surface area contributed by atoms with Gasteiger partial charge < -0.3 is 9.47 Å². The molecule has 1 saturated heterocycles. The third-order valence-corrected chi connectivity index (χ3v) is 4.11. The minimum atomic E-state index is -0.545. The first-order chi connectivity index (χ1) is 9.13. The molecule has 2 aliphatic rings. The molecular weight excluding hydrogens is 244 g/mol. The third kappa shape index (κ3) is 3.27. The maximum atomic E-state index is 12.3. The first-order valence-corrected chi connectivity index (χ1v) is 7.30. The Kier molecular flexibility index (Phi) is 4.81. The number of ether oxygens (including phenoxy) is 2. The average molecular weight is 270 g/mol. The van der Waals surface area contributed by atoms with Crippen LogP contribution in [0.3, 0.4) is 0 Å². The predicted molar refractivity (Wildman–Crippen MR) is 73.0 cm³/mol. The Hall–Kier alpha value is -0.650. The van der Waals surface area contributed by atoms with Crippen molar-refractivity contribution >= 4 is 5.97 Å². The molecule has 0 aromatic rings. The van der Waals surface area contributed by atoms with E-state index in [1.165, 1.54) is 12.8 Å².